The van der Waals surface area contributed by atoms with Crippen LogP contribution in [0.25, 0.3) is 21.9 Å². The van der Waals surface area contributed by atoms with Gasteiger partial charge in [-0.1, -0.05) is 0 Å². The van der Waals surface area contributed by atoms with E-state index in [4.69, 9.17) is 8.83 Å². The summed E-state index contributed by atoms with van der Waals surface area (Å²) in [5, 5.41) is 2.29. The molecule has 13 heavy (non-hydrogen) atoms. The molecule has 2 heterocycles. The molecule has 2 nitrogen and oxygen atoms in total. The van der Waals surface area contributed by atoms with E-state index < -0.39 is 0 Å². The maximum Gasteiger partial charge on any atom is 0.135 e. The molecule has 0 amide bonds. The molecular formula is C11H8O2. The normalized spacial score (nSPS) is 11.5. The van der Waals surface area contributed by atoms with Gasteiger partial charge in [-0.15, -0.1) is 0 Å². The molecule has 0 N–H and O–H groups in total. The van der Waals surface area contributed by atoms with Gasteiger partial charge < -0.3 is 8.83 Å². The molecule has 64 valence electrons. The van der Waals surface area contributed by atoms with Crippen molar-refractivity contribution in [2.75, 3.05) is 0 Å². The summed E-state index contributed by atoms with van der Waals surface area (Å²) < 4.78 is 10.7. The summed E-state index contributed by atoms with van der Waals surface area (Å²) in [6.07, 6.45) is 3.48. The fourth-order valence-corrected chi connectivity index (χ4v) is 1.74. The van der Waals surface area contributed by atoms with E-state index in [1.165, 1.54) is 0 Å². The van der Waals surface area contributed by atoms with Crippen molar-refractivity contribution in [3.63, 3.8) is 0 Å². The summed E-state index contributed by atoms with van der Waals surface area (Å²) in [5.74, 6) is 0. The minimum atomic E-state index is 0.914. The number of furan rings is 2. The summed E-state index contributed by atoms with van der Waals surface area (Å²) in [6.45, 7) is 2.04. The molecule has 3 aromatic rings. The number of aryl methyl sites for hydroxylation is 1. The number of fused-ring (bicyclic) bond motifs is 3. The lowest BCUT2D eigenvalue weighted by molar-refractivity contribution is 0.609. The van der Waals surface area contributed by atoms with Crippen LogP contribution in [-0.2, 0) is 0 Å². The van der Waals surface area contributed by atoms with Crippen LogP contribution in [0.4, 0.5) is 0 Å². The Balaban J connectivity index is 2.70. The number of benzene rings is 1. The highest BCUT2D eigenvalue weighted by atomic mass is 16.3. The smallest absolute Gasteiger partial charge is 0.135 e. The van der Waals surface area contributed by atoms with Gasteiger partial charge in [0.15, 0.2) is 0 Å². The number of rotatable bonds is 0. The first-order chi connectivity index (χ1) is 6.36. The standard InChI is InChI=1S/C11H8O2/c1-7-6-13-10-3-2-9-8(11(7)10)4-5-12-9/h2-6H,1H3. The average Bonchev–Trinajstić information content (AvgIpc) is 2.70. The van der Waals surface area contributed by atoms with E-state index in [1.807, 2.05) is 25.1 Å². The zero-order valence-corrected chi connectivity index (χ0v) is 7.20. The highest BCUT2D eigenvalue weighted by Gasteiger charge is 2.07. The van der Waals surface area contributed by atoms with Crippen molar-refractivity contribution in [1.29, 1.82) is 0 Å². The Labute approximate surface area is 74.7 Å². The Morgan fingerprint density at radius 1 is 1.00 bits per heavy atom. The molecule has 0 fully saturated rings. The lowest BCUT2D eigenvalue weighted by atomic mass is 10.1. The van der Waals surface area contributed by atoms with Crippen LogP contribution in [0.5, 0.6) is 0 Å². The van der Waals surface area contributed by atoms with Gasteiger partial charge in [-0.2, -0.15) is 0 Å². The van der Waals surface area contributed by atoms with Crippen LogP contribution in [0.2, 0.25) is 0 Å². The fraction of sp³-hybridized carbons (Fsp3) is 0.0909. The monoisotopic (exact) mass is 172 g/mol. The topological polar surface area (TPSA) is 26.3 Å². The SMILES string of the molecule is Cc1coc2ccc3occc3c12. The molecule has 0 saturated heterocycles. The average molecular weight is 172 g/mol. The molecule has 1 aromatic carbocycles. The van der Waals surface area contributed by atoms with Gasteiger partial charge in [0.2, 0.25) is 0 Å². The van der Waals surface area contributed by atoms with Crippen molar-refractivity contribution in [2.24, 2.45) is 0 Å². The minimum absolute atomic E-state index is 0.914. The van der Waals surface area contributed by atoms with Gasteiger partial charge in [-0.3, -0.25) is 0 Å². The van der Waals surface area contributed by atoms with Crippen LogP contribution in [0, 0.1) is 6.92 Å². The third kappa shape index (κ3) is 0.773. The highest BCUT2D eigenvalue weighted by molar-refractivity contribution is 6.05. The van der Waals surface area contributed by atoms with Gasteiger partial charge in [-0.05, 0) is 30.7 Å². The Morgan fingerprint density at radius 3 is 2.77 bits per heavy atom. The molecule has 0 aliphatic carbocycles. The Kier molecular flexibility index (Phi) is 1.13. The molecule has 0 unspecified atom stereocenters. The second kappa shape index (κ2) is 2.16. The molecule has 2 heteroatoms. The van der Waals surface area contributed by atoms with Gasteiger partial charge in [-0.25, -0.2) is 0 Å². The second-order valence-electron chi connectivity index (χ2n) is 3.19. The van der Waals surface area contributed by atoms with Gasteiger partial charge in [0.05, 0.1) is 12.5 Å². The van der Waals surface area contributed by atoms with Crippen LogP contribution in [0.1, 0.15) is 5.56 Å². The van der Waals surface area contributed by atoms with Crippen molar-refractivity contribution in [2.45, 2.75) is 6.92 Å². The summed E-state index contributed by atoms with van der Waals surface area (Å²) in [5.41, 5.74) is 2.99. The van der Waals surface area contributed by atoms with Gasteiger partial charge in [0, 0.05) is 10.8 Å². The summed E-state index contributed by atoms with van der Waals surface area (Å²) in [7, 11) is 0. The predicted molar refractivity (Wildman–Crippen MR) is 50.7 cm³/mol. The molecule has 0 aliphatic heterocycles. The first-order valence-electron chi connectivity index (χ1n) is 4.20. The molecule has 0 bridgehead atoms. The first kappa shape index (κ1) is 6.78. The molecule has 2 aromatic heterocycles. The van der Waals surface area contributed by atoms with Crippen LogP contribution in [-0.4, -0.2) is 0 Å². The summed E-state index contributed by atoms with van der Waals surface area (Å²) in [4.78, 5) is 0. The van der Waals surface area contributed by atoms with E-state index in [2.05, 4.69) is 0 Å². The van der Waals surface area contributed by atoms with Crippen LogP contribution in [0.3, 0.4) is 0 Å². The fourth-order valence-electron chi connectivity index (χ4n) is 1.74. The number of hydrogen-bond acceptors (Lipinski definition) is 2. The summed E-state index contributed by atoms with van der Waals surface area (Å²) >= 11 is 0. The third-order valence-corrected chi connectivity index (χ3v) is 2.35. The first-order valence-corrected chi connectivity index (χ1v) is 4.20. The number of hydrogen-bond donors (Lipinski definition) is 0. The summed E-state index contributed by atoms with van der Waals surface area (Å²) in [6, 6.07) is 5.84. The molecule has 0 radical (unpaired) electrons. The zero-order chi connectivity index (χ0) is 8.84. The van der Waals surface area contributed by atoms with Crippen molar-refractivity contribution >= 4 is 21.9 Å². The van der Waals surface area contributed by atoms with E-state index in [9.17, 15) is 0 Å². The van der Waals surface area contributed by atoms with Crippen molar-refractivity contribution in [1.82, 2.24) is 0 Å². The van der Waals surface area contributed by atoms with E-state index in [1.54, 1.807) is 12.5 Å². The molecule has 3 rings (SSSR count). The Bertz CT molecular complexity index is 572. The predicted octanol–water partition coefficient (Wildman–Crippen LogP) is 3.49. The zero-order valence-electron chi connectivity index (χ0n) is 7.20. The quantitative estimate of drug-likeness (QED) is 0.518. The second-order valence-corrected chi connectivity index (χ2v) is 3.19. The van der Waals surface area contributed by atoms with Gasteiger partial charge >= 0.3 is 0 Å². The van der Waals surface area contributed by atoms with Crippen LogP contribution < -0.4 is 0 Å². The minimum Gasteiger partial charge on any atom is -0.464 e. The van der Waals surface area contributed by atoms with E-state index in [-0.39, 0.29) is 0 Å². The molecule has 0 aliphatic rings. The molecule has 0 atom stereocenters. The largest absolute Gasteiger partial charge is 0.464 e. The highest BCUT2D eigenvalue weighted by Crippen LogP contribution is 2.29. The molecular weight excluding hydrogens is 164 g/mol. The van der Waals surface area contributed by atoms with Crippen molar-refractivity contribution in [3.8, 4) is 0 Å². The van der Waals surface area contributed by atoms with E-state index in [0.717, 1.165) is 27.5 Å². The maximum atomic E-state index is 5.38. The van der Waals surface area contributed by atoms with Crippen LogP contribution >= 0.6 is 0 Å². The Hall–Kier alpha value is -1.70. The lowest BCUT2D eigenvalue weighted by Crippen LogP contribution is -1.69. The van der Waals surface area contributed by atoms with E-state index in [0.29, 0.717) is 0 Å². The molecule has 0 saturated carbocycles. The third-order valence-electron chi connectivity index (χ3n) is 2.35. The molecule has 0 spiro atoms. The maximum absolute atomic E-state index is 5.38. The van der Waals surface area contributed by atoms with Gasteiger partial charge in [0.1, 0.15) is 11.2 Å². The lowest BCUT2D eigenvalue weighted by Gasteiger charge is -1.91. The van der Waals surface area contributed by atoms with E-state index >= 15 is 0 Å². The van der Waals surface area contributed by atoms with Gasteiger partial charge in [0.25, 0.3) is 0 Å². The Morgan fingerprint density at radius 2 is 1.85 bits per heavy atom. The van der Waals surface area contributed by atoms with Crippen LogP contribution in [0.15, 0.2) is 39.6 Å². The van der Waals surface area contributed by atoms with Crippen molar-refractivity contribution < 1.29 is 8.83 Å². The van der Waals surface area contributed by atoms with Crippen molar-refractivity contribution in [3.05, 3.63) is 36.3 Å².